The molecule has 0 bridgehead atoms. The van der Waals surface area contributed by atoms with Crippen LogP contribution in [0.4, 0.5) is 0 Å². The van der Waals surface area contributed by atoms with Crippen LogP contribution >= 0.6 is 0 Å². The Morgan fingerprint density at radius 1 is 1.29 bits per heavy atom. The second-order valence-corrected chi connectivity index (χ2v) is 8.13. The van der Waals surface area contributed by atoms with Gasteiger partial charge in [-0.2, -0.15) is 0 Å². The van der Waals surface area contributed by atoms with Gasteiger partial charge in [0.25, 0.3) is 0 Å². The smallest absolute Gasteiger partial charge is 0.214 e. The Balaban J connectivity index is 1.90. The Morgan fingerprint density at radius 3 is 2.71 bits per heavy atom. The molecule has 1 fully saturated rings. The third-order valence-electron chi connectivity index (χ3n) is 4.27. The van der Waals surface area contributed by atoms with E-state index in [0.717, 1.165) is 24.1 Å². The minimum Gasteiger partial charge on any atom is -0.314 e. The van der Waals surface area contributed by atoms with Gasteiger partial charge in [-0.25, -0.2) is 12.7 Å². The summed E-state index contributed by atoms with van der Waals surface area (Å²) in [7, 11) is -1.50. The van der Waals surface area contributed by atoms with Crippen LogP contribution < -0.4 is 5.32 Å². The van der Waals surface area contributed by atoms with Crippen LogP contribution in [0.15, 0.2) is 24.3 Å². The fourth-order valence-corrected chi connectivity index (χ4v) is 3.97. The summed E-state index contributed by atoms with van der Waals surface area (Å²) in [6, 6.07) is 8.29. The highest BCUT2D eigenvalue weighted by molar-refractivity contribution is 7.89. The molecule has 1 heterocycles. The van der Waals surface area contributed by atoms with Crippen molar-refractivity contribution in [2.75, 3.05) is 19.3 Å². The summed E-state index contributed by atoms with van der Waals surface area (Å²) in [5.41, 5.74) is 2.20. The number of piperidine rings is 1. The maximum absolute atomic E-state index is 12.4. The summed E-state index contributed by atoms with van der Waals surface area (Å²) < 4.78 is 26.3. The van der Waals surface area contributed by atoms with E-state index in [1.54, 1.807) is 7.05 Å². The van der Waals surface area contributed by atoms with Gasteiger partial charge in [-0.1, -0.05) is 30.7 Å². The molecule has 1 saturated heterocycles. The molecule has 1 aromatic rings. The topological polar surface area (TPSA) is 49.4 Å². The van der Waals surface area contributed by atoms with E-state index < -0.39 is 10.0 Å². The highest BCUT2D eigenvalue weighted by atomic mass is 32.2. The number of hydrogen-bond donors (Lipinski definition) is 1. The number of hydrogen-bond acceptors (Lipinski definition) is 3. The Labute approximate surface area is 128 Å². The third kappa shape index (κ3) is 4.80. The maximum atomic E-state index is 12.4. The number of nitrogens with one attached hydrogen (secondary N) is 1. The van der Waals surface area contributed by atoms with E-state index in [-0.39, 0.29) is 5.75 Å². The second kappa shape index (κ2) is 7.38. The fourth-order valence-electron chi connectivity index (χ4n) is 2.74. The van der Waals surface area contributed by atoms with Crippen LogP contribution in [-0.4, -0.2) is 38.1 Å². The molecule has 5 heteroatoms. The zero-order chi connectivity index (χ0) is 15.3. The summed E-state index contributed by atoms with van der Waals surface area (Å²) in [4.78, 5) is 0. The molecule has 1 aliphatic heterocycles. The third-order valence-corrected chi connectivity index (χ3v) is 6.10. The monoisotopic (exact) mass is 310 g/mol. The standard InChI is InChI=1S/C16H26N2O2S/c1-14-7-3-4-8-15(14)13-18(2)21(19,20)12-10-16-9-5-6-11-17-16/h3-4,7-8,16-17H,5-6,9-13H2,1-2H3. The number of aryl methyl sites for hydroxylation is 1. The molecule has 1 aliphatic rings. The van der Waals surface area contributed by atoms with E-state index in [1.165, 1.54) is 17.1 Å². The highest BCUT2D eigenvalue weighted by Gasteiger charge is 2.21. The van der Waals surface area contributed by atoms with Gasteiger partial charge in [0.15, 0.2) is 0 Å². The van der Waals surface area contributed by atoms with Crippen molar-refractivity contribution in [3.8, 4) is 0 Å². The summed E-state index contributed by atoms with van der Waals surface area (Å²) >= 11 is 0. The van der Waals surface area contributed by atoms with Gasteiger partial charge in [0.2, 0.25) is 10.0 Å². The SMILES string of the molecule is Cc1ccccc1CN(C)S(=O)(=O)CCC1CCCCN1. The van der Waals surface area contributed by atoms with Crippen LogP contribution in [0.25, 0.3) is 0 Å². The second-order valence-electron chi connectivity index (χ2n) is 5.93. The number of rotatable bonds is 6. The molecule has 0 saturated carbocycles. The van der Waals surface area contributed by atoms with E-state index in [4.69, 9.17) is 0 Å². The van der Waals surface area contributed by atoms with Crippen LogP contribution in [0.3, 0.4) is 0 Å². The lowest BCUT2D eigenvalue weighted by atomic mass is 10.0. The summed E-state index contributed by atoms with van der Waals surface area (Å²) in [5.74, 6) is 0.229. The average molecular weight is 310 g/mol. The molecule has 0 amide bonds. The van der Waals surface area contributed by atoms with Crippen LogP contribution in [0.2, 0.25) is 0 Å². The van der Waals surface area contributed by atoms with E-state index in [2.05, 4.69) is 5.32 Å². The predicted octanol–water partition coefficient (Wildman–Crippen LogP) is 2.29. The van der Waals surface area contributed by atoms with Crippen molar-refractivity contribution in [1.29, 1.82) is 0 Å². The van der Waals surface area contributed by atoms with Crippen molar-refractivity contribution in [3.63, 3.8) is 0 Å². The van der Waals surface area contributed by atoms with Crippen molar-refractivity contribution < 1.29 is 8.42 Å². The van der Waals surface area contributed by atoms with Gasteiger partial charge in [-0.3, -0.25) is 0 Å². The molecule has 21 heavy (non-hydrogen) atoms. The van der Waals surface area contributed by atoms with E-state index in [1.807, 2.05) is 31.2 Å². The Kier molecular flexibility index (Phi) is 5.79. The zero-order valence-electron chi connectivity index (χ0n) is 13.0. The highest BCUT2D eigenvalue weighted by Crippen LogP contribution is 2.15. The van der Waals surface area contributed by atoms with Crippen molar-refractivity contribution >= 4 is 10.0 Å². The Morgan fingerprint density at radius 2 is 2.05 bits per heavy atom. The number of sulfonamides is 1. The molecule has 1 atom stereocenters. The van der Waals surface area contributed by atoms with Gasteiger partial charge in [-0.15, -0.1) is 0 Å². The molecule has 118 valence electrons. The maximum Gasteiger partial charge on any atom is 0.214 e. The molecule has 0 aromatic heterocycles. The minimum absolute atomic E-state index is 0.229. The molecule has 1 N–H and O–H groups in total. The molecule has 2 rings (SSSR count). The largest absolute Gasteiger partial charge is 0.314 e. The normalized spacial score (nSPS) is 19.9. The minimum atomic E-state index is -3.18. The summed E-state index contributed by atoms with van der Waals surface area (Å²) in [5, 5.41) is 3.41. The van der Waals surface area contributed by atoms with Gasteiger partial charge in [0.1, 0.15) is 0 Å². The van der Waals surface area contributed by atoms with Crippen molar-refractivity contribution in [2.45, 2.75) is 45.2 Å². The van der Waals surface area contributed by atoms with Gasteiger partial charge < -0.3 is 5.32 Å². The lowest BCUT2D eigenvalue weighted by molar-refractivity contribution is 0.388. The van der Waals surface area contributed by atoms with Crippen LogP contribution in [0.5, 0.6) is 0 Å². The summed E-state index contributed by atoms with van der Waals surface area (Å²) in [6.45, 7) is 3.48. The van der Waals surface area contributed by atoms with Crippen molar-refractivity contribution in [2.24, 2.45) is 0 Å². The molecule has 1 unspecified atom stereocenters. The molecule has 0 radical (unpaired) electrons. The molecular formula is C16H26N2O2S. The molecule has 1 aromatic carbocycles. The van der Waals surface area contributed by atoms with Gasteiger partial charge in [-0.05, 0) is 43.9 Å². The lowest BCUT2D eigenvalue weighted by Gasteiger charge is -2.24. The van der Waals surface area contributed by atoms with Crippen LogP contribution in [0, 0.1) is 6.92 Å². The first-order valence-electron chi connectivity index (χ1n) is 7.71. The molecule has 0 aliphatic carbocycles. The molecular weight excluding hydrogens is 284 g/mol. The van der Waals surface area contributed by atoms with Gasteiger partial charge >= 0.3 is 0 Å². The average Bonchev–Trinajstić information content (AvgIpc) is 2.48. The lowest BCUT2D eigenvalue weighted by Crippen LogP contribution is -2.37. The van der Waals surface area contributed by atoms with Crippen LogP contribution in [-0.2, 0) is 16.6 Å². The first-order valence-corrected chi connectivity index (χ1v) is 9.32. The predicted molar refractivity (Wildman–Crippen MR) is 86.7 cm³/mol. The van der Waals surface area contributed by atoms with Crippen molar-refractivity contribution in [3.05, 3.63) is 35.4 Å². The van der Waals surface area contributed by atoms with E-state index in [9.17, 15) is 8.42 Å². The molecule has 0 spiro atoms. The number of benzene rings is 1. The van der Waals surface area contributed by atoms with Gasteiger partial charge in [0, 0.05) is 19.6 Å². The Bertz CT molecular complexity index is 551. The fraction of sp³-hybridized carbons (Fsp3) is 0.625. The first kappa shape index (κ1) is 16.5. The first-order chi connectivity index (χ1) is 9.99. The van der Waals surface area contributed by atoms with Crippen molar-refractivity contribution in [1.82, 2.24) is 9.62 Å². The quantitative estimate of drug-likeness (QED) is 0.877. The van der Waals surface area contributed by atoms with E-state index >= 15 is 0 Å². The van der Waals surface area contributed by atoms with E-state index in [0.29, 0.717) is 19.0 Å². The zero-order valence-corrected chi connectivity index (χ0v) is 13.8. The summed E-state index contributed by atoms with van der Waals surface area (Å²) in [6.07, 6.45) is 4.21. The molecule has 4 nitrogen and oxygen atoms in total. The van der Waals surface area contributed by atoms with Gasteiger partial charge in [0.05, 0.1) is 5.75 Å². The Hall–Kier alpha value is -0.910. The van der Waals surface area contributed by atoms with Crippen LogP contribution in [0.1, 0.15) is 36.8 Å². The number of nitrogens with zero attached hydrogens (tertiary/aromatic N) is 1.